The van der Waals surface area contributed by atoms with E-state index < -0.39 is 12.1 Å². The van der Waals surface area contributed by atoms with Crippen LogP contribution in [0.2, 0.25) is 10.3 Å². The third kappa shape index (κ3) is 4.57. The lowest BCUT2D eigenvalue weighted by Gasteiger charge is -2.26. The molecular weight excluding hydrogens is 463 g/mol. The van der Waals surface area contributed by atoms with Gasteiger partial charge in [0, 0.05) is 17.7 Å². The molecule has 170 valence electrons. The SMILES string of the molecule is Cc1ccccc1[C@@H](CO)NC(=O)[C@@H](C)N1Cc2ccc(-c3nc(Cl)ncc3Cl)cc2C1=O. The van der Waals surface area contributed by atoms with Crippen LogP contribution in [-0.2, 0) is 11.3 Å². The van der Waals surface area contributed by atoms with Crippen molar-refractivity contribution in [3.8, 4) is 11.3 Å². The normalized spacial score (nSPS) is 14.7. The molecule has 2 atom stereocenters. The van der Waals surface area contributed by atoms with E-state index in [1.807, 2.05) is 43.3 Å². The number of hydrogen-bond donors (Lipinski definition) is 2. The Hall–Kier alpha value is -3.00. The zero-order valence-electron chi connectivity index (χ0n) is 18.0. The largest absolute Gasteiger partial charge is 0.394 e. The Kier molecular flexibility index (Phi) is 6.65. The van der Waals surface area contributed by atoms with E-state index in [1.165, 1.54) is 11.1 Å². The van der Waals surface area contributed by atoms with Gasteiger partial charge in [0.25, 0.3) is 5.91 Å². The number of nitrogens with zero attached hydrogens (tertiary/aromatic N) is 3. The molecule has 4 rings (SSSR count). The molecule has 7 nitrogen and oxygen atoms in total. The number of carbonyl (C=O) groups excluding carboxylic acids is 2. The van der Waals surface area contributed by atoms with Gasteiger partial charge in [-0.25, -0.2) is 9.97 Å². The molecule has 2 amide bonds. The molecule has 0 radical (unpaired) electrons. The molecule has 0 fully saturated rings. The predicted octanol–water partition coefficient (Wildman–Crippen LogP) is 3.95. The fraction of sp³-hybridized carbons (Fsp3) is 0.250. The van der Waals surface area contributed by atoms with Crippen molar-refractivity contribution in [1.82, 2.24) is 20.2 Å². The van der Waals surface area contributed by atoms with E-state index >= 15 is 0 Å². The number of fused-ring (bicyclic) bond motifs is 1. The lowest BCUT2D eigenvalue weighted by atomic mass is 10.0. The van der Waals surface area contributed by atoms with Crippen LogP contribution in [0, 0.1) is 6.92 Å². The minimum atomic E-state index is -0.733. The molecule has 33 heavy (non-hydrogen) atoms. The fourth-order valence-electron chi connectivity index (χ4n) is 3.96. The van der Waals surface area contributed by atoms with Crippen LogP contribution in [0.25, 0.3) is 11.3 Å². The maximum Gasteiger partial charge on any atom is 0.255 e. The highest BCUT2D eigenvalue weighted by molar-refractivity contribution is 6.33. The third-order valence-electron chi connectivity index (χ3n) is 5.84. The van der Waals surface area contributed by atoms with E-state index in [0.717, 1.165) is 16.7 Å². The van der Waals surface area contributed by atoms with E-state index in [1.54, 1.807) is 13.0 Å². The van der Waals surface area contributed by atoms with Gasteiger partial charge in [0.15, 0.2) is 0 Å². The molecule has 1 aliphatic heterocycles. The first-order valence-electron chi connectivity index (χ1n) is 10.4. The van der Waals surface area contributed by atoms with Crippen LogP contribution in [0.3, 0.4) is 0 Å². The number of aliphatic hydroxyl groups is 1. The maximum absolute atomic E-state index is 13.2. The third-order valence-corrected chi connectivity index (χ3v) is 6.30. The van der Waals surface area contributed by atoms with E-state index in [0.29, 0.717) is 28.4 Å². The molecule has 1 aliphatic rings. The van der Waals surface area contributed by atoms with Gasteiger partial charge in [-0.05, 0) is 48.2 Å². The van der Waals surface area contributed by atoms with Crippen molar-refractivity contribution in [3.05, 3.63) is 81.2 Å². The minimum Gasteiger partial charge on any atom is -0.394 e. The molecule has 0 spiro atoms. The van der Waals surface area contributed by atoms with E-state index in [-0.39, 0.29) is 23.7 Å². The van der Waals surface area contributed by atoms with Crippen molar-refractivity contribution in [2.45, 2.75) is 32.5 Å². The van der Waals surface area contributed by atoms with Crippen molar-refractivity contribution < 1.29 is 14.7 Å². The first-order valence-corrected chi connectivity index (χ1v) is 11.1. The smallest absolute Gasteiger partial charge is 0.255 e. The summed E-state index contributed by atoms with van der Waals surface area (Å²) in [7, 11) is 0. The highest BCUT2D eigenvalue weighted by Gasteiger charge is 2.35. The summed E-state index contributed by atoms with van der Waals surface area (Å²) in [5.41, 5.74) is 4.15. The zero-order chi connectivity index (χ0) is 23.7. The highest BCUT2D eigenvalue weighted by Crippen LogP contribution is 2.32. The first-order chi connectivity index (χ1) is 15.8. The summed E-state index contributed by atoms with van der Waals surface area (Å²) in [5, 5.41) is 13.1. The van der Waals surface area contributed by atoms with Gasteiger partial charge in [-0.2, -0.15) is 0 Å². The Labute approximate surface area is 201 Å². The molecule has 0 saturated carbocycles. The monoisotopic (exact) mass is 484 g/mol. The summed E-state index contributed by atoms with van der Waals surface area (Å²) < 4.78 is 0. The van der Waals surface area contributed by atoms with Gasteiger partial charge in [0.05, 0.1) is 29.6 Å². The number of amides is 2. The summed E-state index contributed by atoms with van der Waals surface area (Å²) in [6.45, 7) is 3.65. The summed E-state index contributed by atoms with van der Waals surface area (Å²) in [6.07, 6.45) is 1.41. The van der Waals surface area contributed by atoms with E-state index in [4.69, 9.17) is 23.2 Å². The second kappa shape index (κ2) is 9.47. The Bertz CT molecular complexity index is 1230. The Morgan fingerprint density at radius 1 is 1.24 bits per heavy atom. The maximum atomic E-state index is 13.2. The Balaban J connectivity index is 1.53. The summed E-state index contributed by atoms with van der Waals surface area (Å²) in [4.78, 5) is 35.7. The van der Waals surface area contributed by atoms with Crippen molar-refractivity contribution in [2.75, 3.05) is 6.61 Å². The van der Waals surface area contributed by atoms with Gasteiger partial charge in [0.2, 0.25) is 11.2 Å². The van der Waals surface area contributed by atoms with Gasteiger partial charge in [-0.1, -0.05) is 48.0 Å². The molecule has 0 bridgehead atoms. The van der Waals surface area contributed by atoms with Crippen LogP contribution in [0.1, 0.15) is 40.0 Å². The molecule has 0 aliphatic carbocycles. The summed E-state index contributed by atoms with van der Waals surface area (Å²) in [6, 6.07) is 11.6. The summed E-state index contributed by atoms with van der Waals surface area (Å²) >= 11 is 12.1. The Morgan fingerprint density at radius 3 is 2.73 bits per heavy atom. The number of aliphatic hydroxyl groups excluding tert-OH is 1. The molecule has 9 heteroatoms. The Morgan fingerprint density at radius 2 is 2.00 bits per heavy atom. The average molecular weight is 485 g/mol. The number of rotatable bonds is 6. The van der Waals surface area contributed by atoms with Crippen molar-refractivity contribution >= 4 is 35.0 Å². The van der Waals surface area contributed by atoms with Crippen molar-refractivity contribution in [3.63, 3.8) is 0 Å². The molecule has 2 aromatic carbocycles. The van der Waals surface area contributed by atoms with Crippen LogP contribution in [0.4, 0.5) is 0 Å². The highest BCUT2D eigenvalue weighted by atomic mass is 35.5. The molecule has 2 N–H and O–H groups in total. The van der Waals surface area contributed by atoms with Crippen molar-refractivity contribution in [2.24, 2.45) is 0 Å². The number of carbonyl (C=O) groups is 2. The van der Waals surface area contributed by atoms with Gasteiger partial charge in [-0.15, -0.1) is 0 Å². The van der Waals surface area contributed by atoms with Crippen LogP contribution in [-0.4, -0.2) is 44.4 Å². The number of benzene rings is 2. The first kappa shape index (κ1) is 23.2. The standard InChI is InChI=1S/C24H22Cl2N4O3/c1-13-5-3-4-6-17(13)20(12-31)28-22(32)14(2)30-11-16-8-7-15(9-18(16)23(30)33)21-19(25)10-27-24(26)29-21/h3-10,14,20,31H,11-12H2,1-2H3,(H,28,32)/t14-,20-/m1/s1. The molecular formula is C24H22Cl2N4O3. The number of nitrogens with one attached hydrogen (secondary N) is 1. The zero-order valence-corrected chi connectivity index (χ0v) is 19.6. The molecule has 3 aromatic rings. The fourth-order valence-corrected chi connectivity index (χ4v) is 4.30. The number of halogens is 2. The van der Waals surface area contributed by atoms with Crippen LogP contribution in [0.15, 0.2) is 48.7 Å². The second-order valence-corrected chi connectivity index (χ2v) is 8.66. The summed E-state index contributed by atoms with van der Waals surface area (Å²) in [5.74, 6) is -0.605. The topological polar surface area (TPSA) is 95.4 Å². The lowest BCUT2D eigenvalue weighted by molar-refractivity contribution is -0.126. The van der Waals surface area contributed by atoms with Crippen LogP contribution >= 0.6 is 23.2 Å². The van der Waals surface area contributed by atoms with E-state index in [2.05, 4.69) is 15.3 Å². The van der Waals surface area contributed by atoms with Gasteiger partial charge in [0.1, 0.15) is 6.04 Å². The molecule has 2 heterocycles. The number of hydrogen-bond acceptors (Lipinski definition) is 5. The van der Waals surface area contributed by atoms with Gasteiger partial charge < -0.3 is 15.3 Å². The van der Waals surface area contributed by atoms with Gasteiger partial charge >= 0.3 is 0 Å². The predicted molar refractivity (Wildman–Crippen MR) is 126 cm³/mol. The average Bonchev–Trinajstić information content (AvgIpc) is 3.14. The number of aromatic nitrogens is 2. The lowest BCUT2D eigenvalue weighted by Crippen LogP contribution is -2.46. The number of aryl methyl sites for hydroxylation is 1. The molecule has 0 unspecified atom stereocenters. The van der Waals surface area contributed by atoms with Crippen LogP contribution in [0.5, 0.6) is 0 Å². The van der Waals surface area contributed by atoms with E-state index in [9.17, 15) is 14.7 Å². The quantitative estimate of drug-likeness (QED) is 0.516. The van der Waals surface area contributed by atoms with Gasteiger partial charge in [-0.3, -0.25) is 9.59 Å². The minimum absolute atomic E-state index is 0.0558. The van der Waals surface area contributed by atoms with Crippen LogP contribution < -0.4 is 5.32 Å². The molecule has 0 saturated heterocycles. The second-order valence-electron chi connectivity index (χ2n) is 7.92. The van der Waals surface area contributed by atoms with Crippen molar-refractivity contribution in [1.29, 1.82) is 0 Å². The molecule has 1 aromatic heterocycles.